The zero-order chi connectivity index (χ0) is 5.98. The van der Waals surface area contributed by atoms with Crippen LogP contribution in [0.1, 0.15) is 0 Å². The van der Waals surface area contributed by atoms with Gasteiger partial charge in [-0.05, 0) is 6.07 Å². The summed E-state index contributed by atoms with van der Waals surface area (Å²) in [7, 11) is 0. The first-order chi connectivity index (χ1) is 3.79. The van der Waals surface area contributed by atoms with Crippen molar-refractivity contribution in [3.63, 3.8) is 0 Å². The Labute approximate surface area is 45.4 Å². The van der Waals surface area contributed by atoms with E-state index in [2.05, 4.69) is 9.97 Å². The van der Waals surface area contributed by atoms with Crippen LogP contribution in [0.4, 0.5) is 5.82 Å². The molecule has 1 heterocycles. The summed E-state index contributed by atoms with van der Waals surface area (Å²) in [6.45, 7) is 0. The molecule has 0 aliphatic carbocycles. The first-order valence-electron chi connectivity index (χ1n) is 2.06. The minimum atomic E-state index is -0.475. The van der Waals surface area contributed by atoms with Gasteiger partial charge in [-0.1, -0.05) is 0 Å². The summed E-state index contributed by atoms with van der Waals surface area (Å²) in [6, 6.07) is 1.40. The lowest BCUT2D eigenvalue weighted by Crippen LogP contribution is -2.07. The molecule has 0 saturated heterocycles. The van der Waals surface area contributed by atoms with Gasteiger partial charge in [0.05, 0.1) is 0 Å². The summed E-state index contributed by atoms with van der Waals surface area (Å²) in [4.78, 5) is 15.7. The topological polar surface area (TPSA) is 69.5 Å². The highest BCUT2D eigenvalue weighted by Crippen LogP contribution is 1.86. The van der Waals surface area contributed by atoms with Crippen LogP contribution in [-0.4, -0.2) is 9.97 Å². The Bertz CT molecular complexity index is 229. The van der Waals surface area contributed by atoms with E-state index in [9.17, 15) is 4.79 Å². The van der Waals surface area contributed by atoms with Crippen molar-refractivity contribution in [2.24, 2.45) is 0 Å². The van der Waals surface area contributed by atoms with Crippen LogP contribution < -0.4 is 11.4 Å². The number of H-pyrrole nitrogens is 1. The standard InChI is InChI=1S/C4H4N3O/c5-3-1-2-6-4(8)7-3/h1-2,5H,(H,6,7,8). The van der Waals surface area contributed by atoms with Gasteiger partial charge in [-0.25, -0.2) is 9.78 Å². The summed E-state index contributed by atoms with van der Waals surface area (Å²) >= 11 is 0. The molecule has 0 aliphatic rings. The number of nitrogens with one attached hydrogen (secondary N) is 2. The predicted octanol–water partition coefficient (Wildman–Crippen LogP) is -0.316. The van der Waals surface area contributed by atoms with Crippen molar-refractivity contribution in [2.75, 3.05) is 0 Å². The van der Waals surface area contributed by atoms with E-state index >= 15 is 0 Å². The quantitative estimate of drug-likeness (QED) is 0.497. The molecule has 0 bridgehead atoms. The molecule has 0 aromatic carbocycles. The monoisotopic (exact) mass is 110 g/mol. The molecule has 0 unspecified atom stereocenters. The van der Waals surface area contributed by atoms with E-state index in [1.807, 2.05) is 0 Å². The van der Waals surface area contributed by atoms with Gasteiger partial charge in [-0.3, -0.25) is 10.7 Å². The SMILES string of the molecule is [NH]c1ccnc(=O)[nH]1. The number of hydrogen-bond acceptors (Lipinski definition) is 2. The van der Waals surface area contributed by atoms with Crippen molar-refractivity contribution in [1.29, 1.82) is 0 Å². The van der Waals surface area contributed by atoms with Gasteiger partial charge in [0.25, 0.3) is 0 Å². The number of nitrogens with zero attached hydrogens (tertiary/aromatic N) is 1. The summed E-state index contributed by atoms with van der Waals surface area (Å²) in [5.74, 6) is 0.0880. The summed E-state index contributed by atoms with van der Waals surface area (Å²) < 4.78 is 0. The van der Waals surface area contributed by atoms with Crippen molar-refractivity contribution < 1.29 is 0 Å². The molecule has 1 aromatic heterocycles. The molecule has 0 spiro atoms. The second kappa shape index (κ2) is 1.65. The largest absolute Gasteiger partial charge is 0.346 e. The molecule has 1 rings (SSSR count). The van der Waals surface area contributed by atoms with Crippen molar-refractivity contribution >= 4 is 5.82 Å². The minimum Gasteiger partial charge on any atom is -0.291 e. The average molecular weight is 110 g/mol. The van der Waals surface area contributed by atoms with E-state index in [1.54, 1.807) is 0 Å². The first kappa shape index (κ1) is 4.83. The van der Waals surface area contributed by atoms with Gasteiger partial charge < -0.3 is 0 Å². The zero-order valence-corrected chi connectivity index (χ0v) is 4.01. The minimum absolute atomic E-state index is 0.0880. The molecule has 0 atom stereocenters. The van der Waals surface area contributed by atoms with E-state index in [-0.39, 0.29) is 5.82 Å². The van der Waals surface area contributed by atoms with Crippen LogP contribution >= 0.6 is 0 Å². The lowest BCUT2D eigenvalue weighted by atomic mass is 10.6. The Morgan fingerprint density at radius 3 is 2.88 bits per heavy atom. The Hall–Kier alpha value is -1.32. The van der Waals surface area contributed by atoms with Gasteiger partial charge in [0.15, 0.2) is 0 Å². The third-order valence-electron chi connectivity index (χ3n) is 0.675. The maximum atomic E-state index is 10.2. The molecule has 8 heavy (non-hydrogen) atoms. The third kappa shape index (κ3) is 0.841. The van der Waals surface area contributed by atoms with E-state index in [0.717, 1.165) is 0 Å². The molecule has 41 valence electrons. The second-order valence-electron chi connectivity index (χ2n) is 1.29. The highest BCUT2D eigenvalue weighted by molar-refractivity contribution is 5.17. The normalized spacial score (nSPS) is 9.00. The smallest absolute Gasteiger partial charge is 0.291 e. The number of hydrogen-bond donors (Lipinski definition) is 1. The first-order valence-corrected chi connectivity index (χ1v) is 2.06. The predicted molar refractivity (Wildman–Crippen MR) is 27.6 cm³/mol. The molecule has 1 aromatic rings. The van der Waals surface area contributed by atoms with E-state index in [4.69, 9.17) is 5.73 Å². The van der Waals surface area contributed by atoms with Gasteiger partial charge in [0.2, 0.25) is 0 Å². The Morgan fingerprint density at radius 1 is 1.75 bits per heavy atom. The average Bonchev–Trinajstić information content (AvgIpc) is 1.64. The van der Waals surface area contributed by atoms with Crippen LogP contribution in [0.5, 0.6) is 0 Å². The van der Waals surface area contributed by atoms with Gasteiger partial charge in [-0.2, -0.15) is 0 Å². The van der Waals surface area contributed by atoms with Gasteiger partial charge in [0.1, 0.15) is 5.82 Å². The van der Waals surface area contributed by atoms with Crippen molar-refractivity contribution in [3.8, 4) is 0 Å². The molecule has 0 saturated carbocycles. The van der Waals surface area contributed by atoms with Crippen LogP contribution in [0.3, 0.4) is 0 Å². The maximum absolute atomic E-state index is 10.2. The molecule has 4 heteroatoms. The summed E-state index contributed by atoms with van der Waals surface area (Å²) in [5.41, 5.74) is 6.37. The lowest BCUT2D eigenvalue weighted by molar-refractivity contribution is 1.06. The molecule has 4 nitrogen and oxygen atoms in total. The summed E-state index contributed by atoms with van der Waals surface area (Å²) in [5, 5.41) is 0. The molecular formula is C4H4N3O. The number of aromatic nitrogens is 2. The fourth-order valence-electron chi connectivity index (χ4n) is 0.369. The lowest BCUT2D eigenvalue weighted by Gasteiger charge is -1.82. The Morgan fingerprint density at radius 2 is 2.50 bits per heavy atom. The summed E-state index contributed by atoms with van der Waals surface area (Å²) in [6.07, 6.45) is 1.29. The molecule has 0 amide bonds. The van der Waals surface area contributed by atoms with Crippen molar-refractivity contribution in [1.82, 2.24) is 15.7 Å². The third-order valence-corrected chi connectivity index (χ3v) is 0.675. The van der Waals surface area contributed by atoms with Crippen LogP contribution in [0.2, 0.25) is 0 Å². The molecule has 0 fully saturated rings. The fourth-order valence-corrected chi connectivity index (χ4v) is 0.369. The Kier molecular flexibility index (Phi) is 0.997. The fraction of sp³-hybridized carbons (Fsp3) is 0. The highest BCUT2D eigenvalue weighted by atomic mass is 16.1. The second-order valence-corrected chi connectivity index (χ2v) is 1.29. The van der Waals surface area contributed by atoms with Crippen LogP contribution in [0, 0.1) is 0 Å². The molecule has 0 aliphatic heterocycles. The Balaban J connectivity index is 3.28. The van der Waals surface area contributed by atoms with Gasteiger partial charge in [-0.15, -0.1) is 0 Å². The molecular weight excluding hydrogens is 106 g/mol. The molecule has 1 radical (unpaired) electrons. The van der Waals surface area contributed by atoms with Gasteiger partial charge >= 0.3 is 5.69 Å². The van der Waals surface area contributed by atoms with Crippen LogP contribution in [0.25, 0.3) is 0 Å². The van der Waals surface area contributed by atoms with E-state index < -0.39 is 5.69 Å². The maximum Gasteiger partial charge on any atom is 0.346 e. The zero-order valence-electron chi connectivity index (χ0n) is 4.01. The van der Waals surface area contributed by atoms with Gasteiger partial charge in [0, 0.05) is 6.20 Å². The number of rotatable bonds is 0. The highest BCUT2D eigenvalue weighted by Gasteiger charge is 1.81. The number of aromatic amines is 1. The van der Waals surface area contributed by atoms with Crippen molar-refractivity contribution in [3.05, 3.63) is 22.7 Å². The van der Waals surface area contributed by atoms with E-state index in [1.165, 1.54) is 12.3 Å². The van der Waals surface area contributed by atoms with Crippen molar-refractivity contribution in [2.45, 2.75) is 0 Å². The van der Waals surface area contributed by atoms with E-state index in [0.29, 0.717) is 0 Å². The molecule has 2 N–H and O–H groups in total. The van der Waals surface area contributed by atoms with Crippen LogP contribution in [0.15, 0.2) is 17.1 Å². The van der Waals surface area contributed by atoms with Crippen LogP contribution in [-0.2, 0) is 0 Å².